The van der Waals surface area contributed by atoms with Gasteiger partial charge in [0.05, 0.1) is 30.4 Å². The molecule has 2 heterocycles. The van der Waals surface area contributed by atoms with Crippen molar-refractivity contribution < 1.29 is 38.4 Å². The molecule has 2 aliphatic rings. The summed E-state index contributed by atoms with van der Waals surface area (Å²) in [7, 11) is 1.70. The lowest BCUT2D eigenvalue weighted by atomic mass is 10.0. The number of benzene rings is 3. The van der Waals surface area contributed by atoms with Gasteiger partial charge >= 0.3 is 12.1 Å². The molecule has 4 atom stereocenters. The van der Waals surface area contributed by atoms with Gasteiger partial charge in [-0.15, -0.1) is 0 Å². The number of hydrogen-bond donors (Lipinski definition) is 4. The molecule has 2 aliphatic heterocycles. The molecule has 3 aromatic carbocycles. The van der Waals surface area contributed by atoms with E-state index in [0.717, 1.165) is 19.3 Å². The fraction of sp³-hybridized carbons (Fsp3) is 0.432. The topological polar surface area (TPSA) is 151 Å². The Hall–Kier alpha value is -5.01. The van der Waals surface area contributed by atoms with Crippen molar-refractivity contribution in [3.8, 4) is 17.2 Å². The smallest absolute Gasteiger partial charge is 0.323 e. The van der Waals surface area contributed by atoms with Crippen LogP contribution in [0.1, 0.15) is 50.4 Å². The molecule has 0 spiro atoms. The van der Waals surface area contributed by atoms with E-state index in [0.29, 0.717) is 40.9 Å². The Morgan fingerprint density at radius 1 is 0.920 bits per heavy atom. The van der Waals surface area contributed by atoms with E-state index in [9.17, 15) is 19.5 Å². The van der Waals surface area contributed by atoms with Gasteiger partial charge in [-0.05, 0) is 75.6 Å². The first-order chi connectivity index (χ1) is 24.1. The summed E-state index contributed by atoms with van der Waals surface area (Å²) in [4.78, 5) is 43.6. The van der Waals surface area contributed by atoms with Gasteiger partial charge in [-0.1, -0.05) is 25.1 Å². The molecule has 3 aromatic rings. The molecule has 0 aromatic heterocycles. The minimum Gasteiger partial charge on any atom is -0.490 e. The molecule has 0 bridgehead atoms. The molecular formula is C37H47N5O8. The third-order valence-electron chi connectivity index (χ3n) is 8.77. The van der Waals surface area contributed by atoms with Crippen molar-refractivity contribution in [3.63, 3.8) is 0 Å². The Morgan fingerprint density at radius 3 is 2.38 bits per heavy atom. The highest BCUT2D eigenvalue weighted by atomic mass is 16.7. The van der Waals surface area contributed by atoms with Gasteiger partial charge < -0.3 is 49.8 Å². The highest BCUT2D eigenvalue weighted by Crippen LogP contribution is 2.34. The molecule has 5 rings (SSSR count). The lowest BCUT2D eigenvalue weighted by molar-refractivity contribution is -0.0115. The van der Waals surface area contributed by atoms with Crippen molar-refractivity contribution in [2.45, 2.75) is 58.3 Å². The number of fused-ring (bicyclic) bond motifs is 2. The first-order valence-electron chi connectivity index (χ1n) is 17.0. The normalized spacial score (nSPS) is 20.1. The van der Waals surface area contributed by atoms with Crippen molar-refractivity contribution in [1.29, 1.82) is 0 Å². The highest BCUT2D eigenvalue weighted by Gasteiger charge is 2.31. The Morgan fingerprint density at radius 2 is 1.62 bits per heavy atom. The molecule has 50 heavy (non-hydrogen) atoms. The molecule has 0 saturated heterocycles. The number of amides is 5. The van der Waals surface area contributed by atoms with E-state index < -0.39 is 18.2 Å². The number of urea groups is 2. The average molecular weight is 690 g/mol. The number of likely N-dealkylation sites (N-methyl/N-ethyl adjacent to an activating group) is 1. The number of anilines is 3. The van der Waals surface area contributed by atoms with Crippen molar-refractivity contribution in [1.82, 2.24) is 9.80 Å². The van der Waals surface area contributed by atoms with Gasteiger partial charge in [0.1, 0.15) is 5.75 Å². The summed E-state index contributed by atoms with van der Waals surface area (Å²) >= 11 is 0. The summed E-state index contributed by atoms with van der Waals surface area (Å²) in [6, 6.07) is 17.9. The molecule has 13 heteroatoms. The molecule has 0 aliphatic carbocycles. The van der Waals surface area contributed by atoms with Crippen LogP contribution in [0.5, 0.6) is 17.2 Å². The van der Waals surface area contributed by atoms with Crippen LogP contribution in [0, 0.1) is 5.92 Å². The van der Waals surface area contributed by atoms with Crippen LogP contribution in [0.3, 0.4) is 0 Å². The summed E-state index contributed by atoms with van der Waals surface area (Å²) in [5.41, 5.74) is 1.86. The van der Waals surface area contributed by atoms with Gasteiger partial charge in [0, 0.05) is 55.8 Å². The van der Waals surface area contributed by atoms with Gasteiger partial charge in [-0.2, -0.15) is 0 Å². The van der Waals surface area contributed by atoms with Crippen LogP contribution in [0.2, 0.25) is 0 Å². The zero-order valence-corrected chi connectivity index (χ0v) is 29.0. The second-order valence-corrected chi connectivity index (χ2v) is 12.8. The van der Waals surface area contributed by atoms with E-state index in [1.807, 2.05) is 32.0 Å². The maximum atomic E-state index is 14.4. The Labute approximate surface area is 292 Å². The van der Waals surface area contributed by atoms with Crippen LogP contribution in [0.25, 0.3) is 0 Å². The van der Waals surface area contributed by atoms with Crippen LogP contribution in [-0.4, -0.2) is 91.3 Å². The van der Waals surface area contributed by atoms with Gasteiger partial charge in [0.15, 0.2) is 11.5 Å². The molecule has 4 N–H and O–H groups in total. The standard InChI is InChI=1S/C37H47N5O8/c1-24-20-42(25(2)22-43)35(44)30-18-28(39-36(45)38-27-11-6-5-7-12-27)13-15-31(30)50-26(3)10-8-9-17-47-34(24)21-41(4)37(46)40-29-14-16-32-33(19-29)49-23-48-32/h5-7,11-16,18-19,24-26,34,43H,8-10,17,20-23H2,1-4H3,(H,40,46)(H2,38,39,45)/t24-,25-,26-,34-/m0/s1. The lowest BCUT2D eigenvalue weighted by Gasteiger charge is -2.35. The van der Waals surface area contributed by atoms with E-state index in [-0.39, 0.29) is 56.0 Å². The summed E-state index contributed by atoms with van der Waals surface area (Å²) < 4.78 is 23.5. The molecule has 0 saturated carbocycles. The second kappa shape index (κ2) is 17.1. The maximum Gasteiger partial charge on any atom is 0.323 e. The molecular weight excluding hydrogens is 642 g/mol. The van der Waals surface area contributed by atoms with Gasteiger partial charge in [-0.3, -0.25) is 4.79 Å². The minimum absolute atomic E-state index is 0.138. The largest absolute Gasteiger partial charge is 0.490 e. The molecule has 13 nitrogen and oxygen atoms in total. The monoisotopic (exact) mass is 689 g/mol. The van der Waals surface area contributed by atoms with Gasteiger partial charge in [0.25, 0.3) is 5.91 Å². The summed E-state index contributed by atoms with van der Waals surface area (Å²) in [6.07, 6.45) is 1.72. The number of ether oxygens (including phenoxy) is 4. The molecule has 0 unspecified atom stereocenters. The fourth-order valence-corrected chi connectivity index (χ4v) is 5.82. The van der Waals surface area contributed by atoms with Crippen molar-refractivity contribution in [2.24, 2.45) is 5.92 Å². The number of aliphatic hydroxyl groups is 1. The number of carbonyl (C=O) groups excluding carboxylic acids is 3. The first kappa shape index (κ1) is 36.3. The number of hydrogen-bond acceptors (Lipinski definition) is 8. The SMILES string of the molecule is C[C@H]1CCCCO[C@@H](CN(C)C(=O)Nc2ccc3c(c2)OCO3)[C@@H](C)CN([C@@H](C)CO)C(=O)c2cc(NC(=O)Nc3ccccc3)ccc2O1. The molecule has 268 valence electrons. The van der Waals surface area contributed by atoms with E-state index in [1.165, 1.54) is 0 Å². The quantitative estimate of drug-likeness (QED) is 0.235. The molecule has 0 radical (unpaired) electrons. The van der Waals surface area contributed by atoms with E-state index in [4.69, 9.17) is 18.9 Å². The van der Waals surface area contributed by atoms with Gasteiger partial charge in [-0.25, -0.2) is 9.59 Å². The maximum absolute atomic E-state index is 14.4. The summed E-state index contributed by atoms with van der Waals surface area (Å²) in [5.74, 6) is 0.981. The molecule has 5 amide bonds. The van der Waals surface area contributed by atoms with Crippen molar-refractivity contribution in [2.75, 3.05) is 56.1 Å². The zero-order chi connectivity index (χ0) is 35.6. The van der Waals surface area contributed by atoms with Gasteiger partial charge in [0.2, 0.25) is 6.79 Å². The summed E-state index contributed by atoms with van der Waals surface area (Å²) in [5, 5.41) is 18.7. The number of aliphatic hydroxyl groups excluding tert-OH is 1. The molecule has 0 fully saturated rings. The summed E-state index contributed by atoms with van der Waals surface area (Å²) in [6.45, 7) is 6.51. The van der Waals surface area contributed by atoms with Crippen LogP contribution in [0.4, 0.5) is 26.7 Å². The zero-order valence-electron chi connectivity index (χ0n) is 29.0. The number of carbonyl (C=O) groups is 3. The lowest BCUT2D eigenvalue weighted by Crippen LogP contribution is -2.48. The third kappa shape index (κ3) is 9.57. The average Bonchev–Trinajstić information content (AvgIpc) is 3.58. The number of rotatable bonds is 7. The number of nitrogens with zero attached hydrogens (tertiary/aromatic N) is 2. The van der Waals surface area contributed by atoms with E-state index >= 15 is 0 Å². The second-order valence-electron chi connectivity index (χ2n) is 12.8. The Bertz CT molecular complexity index is 1620. The number of para-hydroxylation sites is 1. The first-order valence-corrected chi connectivity index (χ1v) is 17.0. The van der Waals surface area contributed by atoms with E-state index in [2.05, 4.69) is 16.0 Å². The van der Waals surface area contributed by atoms with Crippen molar-refractivity contribution in [3.05, 3.63) is 72.3 Å². The van der Waals surface area contributed by atoms with Crippen LogP contribution in [0.15, 0.2) is 66.7 Å². The van der Waals surface area contributed by atoms with Crippen LogP contribution < -0.4 is 30.2 Å². The minimum atomic E-state index is -0.547. The van der Waals surface area contributed by atoms with Crippen LogP contribution >= 0.6 is 0 Å². The predicted octanol–water partition coefficient (Wildman–Crippen LogP) is 6.02. The Kier molecular flexibility index (Phi) is 12.4. The highest BCUT2D eigenvalue weighted by molar-refractivity contribution is 6.02. The van der Waals surface area contributed by atoms with Crippen LogP contribution in [-0.2, 0) is 4.74 Å². The fourth-order valence-electron chi connectivity index (χ4n) is 5.82. The van der Waals surface area contributed by atoms with E-state index in [1.54, 1.807) is 72.3 Å². The predicted molar refractivity (Wildman–Crippen MR) is 190 cm³/mol. The van der Waals surface area contributed by atoms with Crippen molar-refractivity contribution >= 4 is 35.0 Å². The number of nitrogens with one attached hydrogen (secondary N) is 3. The Balaban J connectivity index is 1.35. The third-order valence-corrected chi connectivity index (χ3v) is 8.77.